The van der Waals surface area contributed by atoms with Crippen molar-refractivity contribution in [1.29, 1.82) is 0 Å². The largest absolute Gasteiger partial charge is 0.497 e. The molecule has 1 N–H and O–H groups in total. The molecule has 1 saturated carbocycles. The van der Waals surface area contributed by atoms with Crippen LogP contribution in [-0.4, -0.2) is 31.0 Å². The first-order chi connectivity index (χ1) is 13.7. The summed E-state index contributed by atoms with van der Waals surface area (Å²) in [5, 5.41) is 3.19. The molecule has 4 rings (SSSR count). The minimum Gasteiger partial charge on any atom is -0.497 e. The highest BCUT2D eigenvalue weighted by Crippen LogP contribution is 2.35. The first-order valence-electron chi connectivity index (χ1n) is 10.4. The lowest BCUT2D eigenvalue weighted by atomic mass is 9.88. The number of carbonyl (C=O) groups excluding carboxylic acids is 1. The van der Waals surface area contributed by atoms with Crippen LogP contribution in [0.25, 0.3) is 0 Å². The van der Waals surface area contributed by atoms with Gasteiger partial charge in [0.25, 0.3) is 0 Å². The third-order valence-corrected chi connectivity index (χ3v) is 6.02. The van der Waals surface area contributed by atoms with E-state index < -0.39 is 0 Å². The van der Waals surface area contributed by atoms with Crippen LogP contribution in [0, 0.1) is 11.8 Å². The Morgan fingerprint density at radius 1 is 1.07 bits per heavy atom. The number of likely N-dealkylation sites (tertiary alicyclic amines) is 1. The number of nitrogens with zero attached hydrogens (tertiary/aromatic N) is 1. The molecule has 1 aliphatic carbocycles. The lowest BCUT2D eigenvalue weighted by molar-refractivity contribution is -0.127. The van der Waals surface area contributed by atoms with Crippen LogP contribution in [0.5, 0.6) is 5.75 Å². The summed E-state index contributed by atoms with van der Waals surface area (Å²) in [6, 6.07) is 19.3. The van der Waals surface area contributed by atoms with Crippen LogP contribution in [0.3, 0.4) is 0 Å². The molecule has 2 fully saturated rings. The molecule has 1 heterocycles. The second-order valence-electron chi connectivity index (χ2n) is 8.17. The smallest absolute Gasteiger partial charge is 0.224 e. The van der Waals surface area contributed by atoms with Crippen LogP contribution in [0.4, 0.5) is 0 Å². The van der Waals surface area contributed by atoms with E-state index in [1.165, 1.54) is 24.0 Å². The Labute approximate surface area is 167 Å². The molecule has 2 atom stereocenters. The molecule has 2 aromatic rings. The molecule has 0 aromatic heterocycles. The number of methoxy groups -OCH3 is 1. The van der Waals surface area contributed by atoms with Crippen LogP contribution in [-0.2, 0) is 11.3 Å². The highest BCUT2D eigenvalue weighted by molar-refractivity contribution is 5.79. The van der Waals surface area contributed by atoms with Gasteiger partial charge >= 0.3 is 0 Å². The van der Waals surface area contributed by atoms with E-state index >= 15 is 0 Å². The zero-order chi connectivity index (χ0) is 19.3. The first-order valence-corrected chi connectivity index (χ1v) is 10.4. The van der Waals surface area contributed by atoms with Crippen molar-refractivity contribution < 1.29 is 9.53 Å². The molecule has 28 heavy (non-hydrogen) atoms. The van der Waals surface area contributed by atoms with Crippen LogP contribution in [0.2, 0.25) is 0 Å². The van der Waals surface area contributed by atoms with Crippen molar-refractivity contribution in [2.45, 2.75) is 38.3 Å². The summed E-state index contributed by atoms with van der Waals surface area (Å²) in [5.74, 6) is 1.90. The van der Waals surface area contributed by atoms with Crippen molar-refractivity contribution in [3.63, 3.8) is 0 Å². The normalized spacial score (nSPS) is 22.6. The molecule has 1 amide bonds. The van der Waals surface area contributed by atoms with Gasteiger partial charge in [-0.3, -0.25) is 9.69 Å². The SMILES string of the molecule is COc1cccc(CN2C[C@H](C(=O)NCC3CC3)CC[C@@H]2c2ccccc2)c1. The fourth-order valence-corrected chi connectivity index (χ4v) is 4.20. The van der Waals surface area contributed by atoms with E-state index in [0.717, 1.165) is 44.1 Å². The van der Waals surface area contributed by atoms with Crippen molar-refractivity contribution in [2.24, 2.45) is 11.8 Å². The van der Waals surface area contributed by atoms with Crippen LogP contribution >= 0.6 is 0 Å². The van der Waals surface area contributed by atoms with Crippen molar-refractivity contribution in [3.05, 3.63) is 65.7 Å². The van der Waals surface area contributed by atoms with Gasteiger partial charge in [0.15, 0.2) is 0 Å². The topological polar surface area (TPSA) is 41.6 Å². The van der Waals surface area contributed by atoms with Gasteiger partial charge in [-0.05, 0) is 54.9 Å². The Hall–Kier alpha value is -2.33. The average molecular weight is 379 g/mol. The summed E-state index contributed by atoms with van der Waals surface area (Å²) in [6.45, 7) is 2.48. The molecule has 0 unspecified atom stereocenters. The van der Waals surface area contributed by atoms with E-state index in [1.54, 1.807) is 7.11 Å². The molecule has 2 aliphatic rings. The van der Waals surface area contributed by atoms with Gasteiger partial charge in [-0.25, -0.2) is 0 Å². The van der Waals surface area contributed by atoms with E-state index in [2.05, 4.69) is 52.7 Å². The van der Waals surface area contributed by atoms with Crippen molar-refractivity contribution >= 4 is 5.91 Å². The van der Waals surface area contributed by atoms with Crippen LogP contribution in [0.1, 0.15) is 42.9 Å². The third kappa shape index (κ3) is 4.74. The second-order valence-corrected chi connectivity index (χ2v) is 8.17. The van der Waals surface area contributed by atoms with Crippen LogP contribution in [0.15, 0.2) is 54.6 Å². The second kappa shape index (κ2) is 8.78. The number of benzene rings is 2. The molecule has 0 radical (unpaired) electrons. The summed E-state index contributed by atoms with van der Waals surface area (Å²) in [7, 11) is 1.70. The molecule has 148 valence electrons. The molecular weight excluding hydrogens is 348 g/mol. The van der Waals surface area contributed by atoms with Gasteiger partial charge in [0.2, 0.25) is 5.91 Å². The van der Waals surface area contributed by atoms with Crippen LogP contribution < -0.4 is 10.1 Å². The number of hydrogen-bond acceptors (Lipinski definition) is 3. The Morgan fingerprint density at radius 2 is 1.89 bits per heavy atom. The predicted octanol–water partition coefficient (Wildman–Crippen LogP) is 4.17. The monoisotopic (exact) mass is 378 g/mol. The van der Waals surface area contributed by atoms with Crippen molar-refractivity contribution in [3.8, 4) is 5.75 Å². The summed E-state index contributed by atoms with van der Waals surface area (Å²) >= 11 is 0. The predicted molar refractivity (Wildman–Crippen MR) is 111 cm³/mol. The van der Waals surface area contributed by atoms with Gasteiger partial charge in [-0.2, -0.15) is 0 Å². The van der Waals surface area contributed by atoms with E-state index in [0.29, 0.717) is 6.04 Å². The van der Waals surface area contributed by atoms with Gasteiger partial charge in [0.05, 0.1) is 13.0 Å². The highest BCUT2D eigenvalue weighted by Gasteiger charge is 2.33. The Morgan fingerprint density at radius 3 is 2.64 bits per heavy atom. The van der Waals surface area contributed by atoms with Crippen molar-refractivity contribution in [2.75, 3.05) is 20.2 Å². The maximum absolute atomic E-state index is 12.7. The summed E-state index contributed by atoms with van der Waals surface area (Å²) in [5.41, 5.74) is 2.56. The maximum Gasteiger partial charge on any atom is 0.224 e. The van der Waals surface area contributed by atoms with E-state index in [9.17, 15) is 4.79 Å². The minimum absolute atomic E-state index is 0.0734. The van der Waals surface area contributed by atoms with Gasteiger partial charge in [-0.1, -0.05) is 42.5 Å². The molecule has 2 aromatic carbocycles. The maximum atomic E-state index is 12.7. The lowest BCUT2D eigenvalue weighted by Gasteiger charge is -2.39. The molecule has 4 heteroatoms. The zero-order valence-electron chi connectivity index (χ0n) is 16.6. The number of piperidine rings is 1. The third-order valence-electron chi connectivity index (χ3n) is 6.02. The highest BCUT2D eigenvalue weighted by atomic mass is 16.5. The van der Waals surface area contributed by atoms with Gasteiger partial charge in [-0.15, -0.1) is 0 Å². The van der Waals surface area contributed by atoms with E-state index in [1.807, 2.05) is 12.1 Å². The Balaban J connectivity index is 1.49. The average Bonchev–Trinajstić information content (AvgIpc) is 3.57. The van der Waals surface area contributed by atoms with Gasteiger partial charge < -0.3 is 10.1 Å². The summed E-state index contributed by atoms with van der Waals surface area (Å²) in [4.78, 5) is 15.2. The van der Waals surface area contributed by atoms with Gasteiger partial charge in [0, 0.05) is 25.7 Å². The van der Waals surface area contributed by atoms with Crippen molar-refractivity contribution in [1.82, 2.24) is 10.2 Å². The molecule has 0 spiro atoms. The number of nitrogens with one attached hydrogen (secondary N) is 1. The molecule has 0 bridgehead atoms. The fourth-order valence-electron chi connectivity index (χ4n) is 4.20. The number of hydrogen-bond donors (Lipinski definition) is 1. The molecule has 1 saturated heterocycles. The number of carbonyl (C=O) groups is 1. The summed E-state index contributed by atoms with van der Waals surface area (Å²) in [6.07, 6.45) is 4.49. The standard InChI is InChI=1S/C24H30N2O2/c1-28-22-9-5-6-19(14-22)16-26-17-21(24(27)25-15-18-10-11-18)12-13-23(26)20-7-3-2-4-8-20/h2-9,14,18,21,23H,10-13,15-17H2,1H3,(H,25,27)/t21-,23-/m1/s1. The molecule has 1 aliphatic heterocycles. The minimum atomic E-state index is 0.0734. The molecular formula is C24H30N2O2. The quantitative estimate of drug-likeness (QED) is 0.786. The fraction of sp³-hybridized carbons (Fsp3) is 0.458. The van der Waals surface area contributed by atoms with E-state index in [4.69, 9.17) is 4.74 Å². The first kappa shape index (κ1) is 19.0. The number of ether oxygens (including phenoxy) is 1. The van der Waals surface area contributed by atoms with E-state index in [-0.39, 0.29) is 11.8 Å². The summed E-state index contributed by atoms with van der Waals surface area (Å²) < 4.78 is 5.39. The van der Waals surface area contributed by atoms with Gasteiger partial charge in [0.1, 0.15) is 5.75 Å². The zero-order valence-corrected chi connectivity index (χ0v) is 16.6. The Kier molecular flexibility index (Phi) is 5.96. The lowest BCUT2D eigenvalue weighted by Crippen LogP contribution is -2.44. The number of amides is 1. The molecule has 4 nitrogen and oxygen atoms in total. The number of rotatable bonds is 7. The Bertz CT molecular complexity index is 788.